The van der Waals surface area contributed by atoms with Gasteiger partial charge in [0.25, 0.3) is 11.8 Å². The molecule has 4 aromatic rings. The average Bonchev–Trinajstić information content (AvgIpc) is 4.07. The van der Waals surface area contributed by atoms with E-state index in [0.29, 0.717) is 6.42 Å². The maximum absolute atomic E-state index is 14.8. The van der Waals surface area contributed by atoms with Crippen molar-refractivity contribution in [2.24, 2.45) is 17.4 Å². The van der Waals surface area contributed by atoms with E-state index in [1.54, 1.807) is 27.7 Å². The van der Waals surface area contributed by atoms with Crippen molar-refractivity contribution in [3.63, 3.8) is 0 Å². The molecule has 0 aliphatic rings. The third-order valence-corrected chi connectivity index (χ3v) is 11.5. The molecule has 0 saturated carbocycles. The van der Waals surface area contributed by atoms with E-state index in [9.17, 15) is 64.7 Å². The number of aromatic nitrogens is 2. The summed E-state index contributed by atoms with van der Waals surface area (Å²) in [6.07, 6.45) is -5.45. The van der Waals surface area contributed by atoms with E-state index in [1.165, 1.54) is 72.8 Å². The third-order valence-electron chi connectivity index (χ3n) is 11.5. The highest BCUT2D eigenvalue weighted by molar-refractivity contribution is 5.98. The van der Waals surface area contributed by atoms with Crippen molar-refractivity contribution in [1.29, 1.82) is 0 Å². The fraction of sp³-hybridized carbons (Fsp3) is 0.396. The fourth-order valence-corrected chi connectivity index (χ4v) is 7.92. The lowest BCUT2D eigenvalue weighted by Gasteiger charge is -2.23. The topological polar surface area (TPSA) is 287 Å². The summed E-state index contributed by atoms with van der Waals surface area (Å²) < 4.78 is 95.7. The van der Waals surface area contributed by atoms with Gasteiger partial charge in [-0.2, -0.15) is 26.3 Å². The van der Waals surface area contributed by atoms with E-state index in [2.05, 4.69) is 31.2 Å². The van der Waals surface area contributed by atoms with Crippen LogP contribution in [0.2, 0.25) is 0 Å². The molecule has 0 bridgehead atoms. The number of alkyl halides is 6. The Morgan fingerprint density at radius 1 is 0.610 bits per heavy atom. The molecule has 24 heteroatoms. The monoisotopic (exact) mass is 1080 g/mol. The van der Waals surface area contributed by atoms with Gasteiger partial charge < -0.3 is 52.2 Å². The van der Waals surface area contributed by atoms with Crippen LogP contribution in [0.25, 0.3) is 22.5 Å². The number of hydrogen-bond donors (Lipinski definition) is 8. The highest BCUT2D eigenvalue weighted by Crippen LogP contribution is 2.40. The van der Waals surface area contributed by atoms with Crippen molar-refractivity contribution < 1.29 is 74.2 Å². The second-order valence-electron chi connectivity index (χ2n) is 18.1. The van der Waals surface area contributed by atoms with E-state index in [1.807, 2.05) is 0 Å². The van der Waals surface area contributed by atoms with E-state index in [0.717, 1.165) is 18.2 Å². The Labute approximate surface area is 439 Å². The number of halogens is 6. The number of esters is 2. The second kappa shape index (κ2) is 28.6. The van der Waals surface area contributed by atoms with Crippen molar-refractivity contribution in [3.8, 4) is 22.5 Å². The van der Waals surface area contributed by atoms with Crippen LogP contribution in [-0.4, -0.2) is 94.7 Å². The van der Waals surface area contributed by atoms with Crippen molar-refractivity contribution in [1.82, 2.24) is 31.2 Å². The molecule has 18 nitrogen and oxygen atoms in total. The van der Waals surface area contributed by atoms with Crippen LogP contribution in [0.5, 0.6) is 0 Å². The molecule has 77 heavy (non-hydrogen) atoms. The first-order valence-electron chi connectivity index (χ1n) is 24.5. The number of ether oxygens (including phenoxy) is 2. The number of benzene rings is 2. The van der Waals surface area contributed by atoms with E-state index >= 15 is 0 Å². The summed E-state index contributed by atoms with van der Waals surface area (Å²) in [5, 5.41) is 10.4. The van der Waals surface area contributed by atoms with Gasteiger partial charge in [-0.3, -0.25) is 28.8 Å². The van der Waals surface area contributed by atoms with E-state index in [4.69, 9.17) is 20.9 Å². The minimum Gasteiger partial charge on any atom is -0.463 e. The third kappa shape index (κ3) is 19.5. The molecule has 4 rings (SSSR count). The SMILES string of the molecule is CCC[C@H](NC(=O)c1ccc(-c2cccc(CCOC(=O)/C=C/[C@H](CCC(N)=O)NC(=O)[C@H](CC(C)C)NC(=O)c3ccc(-c4ccccc4C(F)(F)F)[nH]3)c2C(F)(F)F)[nH]1)C(=O)N[C@H](/C=C/C(=O)OCC)CCC(N)=O. The molecule has 0 aliphatic heterocycles. The van der Waals surface area contributed by atoms with Crippen molar-refractivity contribution in [2.75, 3.05) is 13.2 Å². The number of hydrogen-bond acceptors (Lipinski definition) is 10. The molecule has 0 radical (unpaired) electrons. The van der Waals surface area contributed by atoms with Crippen molar-refractivity contribution >= 4 is 47.4 Å². The lowest BCUT2D eigenvalue weighted by atomic mass is 9.96. The normalized spacial score (nSPS) is 13.4. The smallest absolute Gasteiger partial charge is 0.417 e. The molecular weight excluding hydrogens is 1020 g/mol. The number of primary amides is 2. The summed E-state index contributed by atoms with van der Waals surface area (Å²) >= 11 is 0. The number of carbonyl (C=O) groups is 8. The van der Waals surface area contributed by atoms with Crippen LogP contribution in [0, 0.1) is 5.92 Å². The largest absolute Gasteiger partial charge is 0.463 e. The summed E-state index contributed by atoms with van der Waals surface area (Å²) in [6.45, 7) is 6.42. The van der Waals surface area contributed by atoms with E-state index in [-0.39, 0.29) is 90.5 Å². The lowest BCUT2D eigenvalue weighted by Crippen LogP contribution is -2.50. The number of H-pyrrole nitrogens is 2. The number of carbonyl (C=O) groups excluding carboxylic acids is 8. The van der Waals surface area contributed by atoms with Crippen LogP contribution in [0.15, 0.2) is 91.0 Å². The molecule has 2 aromatic carbocycles. The zero-order valence-corrected chi connectivity index (χ0v) is 42.6. The van der Waals surface area contributed by atoms with Gasteiger partial charge in [0, 0.05) is 66.0 Å². The molecule has 2 heterocycles. The Bertz CT molecular complexity index is 2780. The zero-order chi connectivity index (χ0) is 57.0. The summed E-state index contributed by atoms with van der Waals surface area (Å²) in [4.78, 5) is 107. The van der Waals surface area contributed by atoms with Gasteiger partial charge in [-0.15, -0.1) is 0 Å². The maximum atomic E-state index is 14.8. The summed E-state index contributed by atoms with van der Waals surface area (Å²) in [7, 11) is 0. The number of aromatic amines is 2. The first-order chi connectivity index (χ1) is 36.3. The Kier molecular flexibility index (Phi) is 22.8. The van der Waals surface area contributed by atoms with Crippen LogP contribution >= 0.6 is 0 Å². The van der Waals surface area contributed by atoms with Gasteiger partial charge in [-0.25, -0.2) is 9.59 Å². The Balaban J connectivity index is 1.44. The predicted molar refractivity (Wildman–Crippen MR) is 270 cm³/mol. The number of nitrogens with one attached hydrogen (secondary N) is 6. The molecule has 0 spiro atoms. The molecule has 2 aromatic heterocycles. The van der Waals surface area contributed by atoms with Crippen molar-refractivity contribution in [3.05, 3.63) is 119 Å². The number of nitrogens with two attached hydrogens (primary N) is 2. The fourth-order valence-electron chi connectivity index (χ4n) is 7.92. The van der Waals surface area contributed by atoms with Crippen LogP contribution in [0.3, 0.4) is 0 Å². The molecule has 0 fully saturated rings. The Hall–Kier alpha value is -8.18. The molecule has 416 valence electrons. The molecule has 0 unspecified atom stereocenters. The quantitative estimate of drug-likeness (QED) is 0.0169. The molecule has 10 N–H and O–H groups in total. The molecule has 4 atom stereocenters. The first kappa shape index (κ1) is 61.4. The zero-order valence-electron chi connectivity index (χ0n) is 42.6. The van der Waals surface area contributed by atoms with Gasteiger partial charge >= 0.3 is 24.3 Å². The van der Waals surface area contributed by atoms with E-state index < -0.39 is 108 Å². The van der Waals surface area contributed by atoms with Crippen LogP contribution in [-0.2, 0) is 57.0 Å². The summed E-state index contributed by atoms with van der Waals surface area (Å²) in [6, 6.07) is 9.23. The van der Waals surface area contributed by atoms with Gasteiger partial charge in [0.15, 0.2) is 0 Å². The van der Waals surface area contributed by atoms with Crippen LogP contribution in [0.4, 0.5) is 26.3 Å². The Morgan fingerprint density at radius 2 is 1.12 bits per heavy atom. The van der Waals surface area contributed by atoms with Crippen LogP contribution in [0.1, 0.15) is 110 Å². The highest BCUT2D eigenvalue weighted by Gasteiger charge is 2.37. The molecule has 0 aliphatic carbocycles. The van der Waals surface area contributed by atoms with Gasteiger partial charge in [0.1, 0.15) is 23.5 Å². The number of amides is 6. The van der Waals surface area contributed by atoms with Gasteiger partial charge in [0.05, 0.1) is 24.3 Å². The maximum Gasteiger partial charge on any atom is 0.417 e. The minimum atomic E-state index is -4.95. The summed E-state index contributed by atoms with van der Waals surface area (Å²) in [5.41, 5.74) is 7.33. The lowest BCUT2D eigenvalue weighted by molar-refractivity contribution is -0.139. The molecular formula is C53H62F6N8O10. The second-order valence-corrected chi connectivity index (χ2v) is 18.1. The average molecular weight is 1090 g/mol. The standard InChI is InChI=1S/C53H62F6N8O10/c1-5-10-39(48(72)62-32(15-23-43(60)68)17-25-45(70)76-6-2)66-49(73)40-22-20-38(65-40)35-13-9-11-31(47(35)53(57,58)59)27-28-77-46(71)26-18-33(16-24-44(61)69)63-51(75)42(29-30(3)4)67-50(74)41-21-19-37(64-41)34-12-7-8-14-36(34)52(54,55)56/h7-9,11-14,17-22,25-26,30,32-33,39,42,64-65H,5-6,10,15-16,23-24,27-29H2,1-4H3,(H2,60,68)(H2,61,69)(H,62,72)(H,63,75)(H,66,73)(H,67,74)/b25-17+,26-18+/t32-,33-,39-,42-/m0/s1. The minimum absolute atomic E-state index is 0.000324. The predicted octanol–water partition coefficient (Wildman–Crippen LogP) is 6.72. The van der Waals surface area contributed by atoms with Crippen LogP contribution < -0.4 is 32.7 Å². The molecule has 6 amide bonds. The van der Waals surface area contributed by atoms with Gasteiger partial charge in [-0.05, 0) is 74.4 Å². The van der Waals surface area contributed by atoms with Gasteiger partial charge in [0.2, 0.25) is 23.6 Å². The highest BCUT2D eigenvalue weighted by atomic mass is 19.4. The number of rotatable bonds is 28. The van der Waals surface area contributed by atoms with Crippen molar-refractivity contribution in [2.45, 2.75) is 116 Å². The Morgan fingerprint density at radius 3 is 1.62 bits per heavy atom. The summed E-state index contributed by atoms with van der Waals surface area (Å²) in [5.74, 6) is -6.37. The first-order valence-corrected chi connectivity index (χ1v) is 24.5. The van der Waals surface area contributed by atoms with Gasteiger partial charge in [-0.1, -0.05) is 75.7 Å². The molecule has 0 saturated heterocycles.